The number of hydrogen-bond acceptors (Lipinski definition) is 6. The van der Waals surface area contributed by atoms with E-state index in [1.165, 1.54) is 6.07 Å². The molecule has 0 bridgehead atoms. The lowest BCUT2D eigenvalue weighted by Gasteiger charge is -2.36. The largest absolute Gasteiger partial charge is 0.356 e. The monoisotopic (exact) mass is 456 g/mol. The van der Waals surface area contributed by atoms with Crippen LogP contribution >= 0.6 is 11.3 Å². The van der Waals surface area contributed by atoms with Crippen LogP contribution in [0.4, 0.5) is 11.4 Å². The highest BCUT2D eigenvalue weighted by Crippen LogP contribution is 2.37. The average molecular weight is 457 g/mol. The second-order valence-corrected chi connectivity index (χ2v) is 9.90. The summed E-state index contributed by atoms with van der Waals surface area (Å²) in [6.45, 7) is 0.367. The maximum atomic E-state index is 13.4. The molecule has 3 aromatic rings. The summed E-state index contributed by atoms with van der Waals surface area (Å²) in [5.41, 5.74) is 1.74. The van der Waals surface area contributed by atoms with Crippen molar-refractivity contribution >= 4 is 44.5 Å². The summed E-state index contributed by atoms with van der Waals surface area (Å²) < 4.78 is 27.9. The van der Waals surface area contributed by atoms with E-state index in [9.17, 15) is 18.0 Å². The second-order valence-electron chi connectivity index (χ2n) is 6.91. The lowest BCUT2D eigenvalue weighted by molar-refractivity contribution is -0.125. The Balaban J connectivity index is 1.56. The quantitative estimate of drug-likeness (QED) is 0.568. The Bertz CT molecular complexity index is 1180. The molecule has 0 saturated carbocycles. The van der Waals surface area contributed by atoms with Crippen molar-refractivity contribution in [1.29, 1.82) is 0 Å². The minimum atomic E-state index is -4.02. The predicted molar refractivity (Wildman–Crippen MR) is 118 cm³/mol. The van der Waals surface area contributed by atoms with Crippen LogP contribution in [-0.2, 0) is 26.0 Å². The van der Waals surface area contributed by atoms with Gasteiger partial charge < -0.3 is 10.6 Å². The van der Waals surface area contributed by atoms with Gasteiger partial charge in [0.1, 0.15) is 10.3 Å². The predicted octanol–water partition coefficient (Wildman–Crippen LogP) is 2.41. The molecule has 0 fully saturated rings. The van der Waals surface area contributed by atoms with E-state index in [-0.39, 0.29) is 10.6 Å². The van der Waals surface area contributed by atoms with E-state index in [2.05, 4.69) is 15.6 Å². The van der Waals surface area contributed by atoms with Gasteiger partial charge in [0.05, 0.1) is 17.8 Å². The van der Waals surface area contributed by atoms with Gasteiger partial charge in [0.25, 0.3) is 10.0 Å². The number of amides is 2. The fourth-order valence-corrected chi connectivity index (χ4v) is 6.10. The van der Waals surface area contributed by atoms with Crippen molar-refractivity contribution in [3.05, 3.63) is 71.9 Å². The van der Waals surface area contributed by atoms with Crippen LogP contribution in [0.5, 0.6) is 0 Å². The van der Waals surface area contributed by atoms with Crippen molar-refractivity contribution < 1.29 is 18.0 Å². The van der Waals surface area contributed by atoms with E-state index in [4.69, 9.17) is 0 Å². The molecule has 2 N–H and O–H groups in total. The fraction of sp³-hybridized carbons (Fsp3) is 0.190. The third kappa shape index (κ3) is 4.44. The number of aromatic nitrogens is 1. The zero-order valence-corrected chi connectivity index (χ0v) is 18.0. The number of carbonyl (C=O) groups excluding carboxylic acids is 2. The molecular weight excluding hydrogens is 436 g/mol. The zero-order valence-electron chi connectivity index (χ0n) is 16.4. The van der Waals surface area contributed by atoms with Gasteiger partial charge >= 0.3 is 0 Å². The Hall–Kier alpha value is -3.24. The van der Waals surface area contributed by atoms with Gasteiger partial charge in [-0.05, 0) is 47.7 Å². The standard InChI is InChI=1S/C21H20N4O4S2/c26-19(23-12-9-15-7-10-22-11-8-15)14-18-21(27)24-16-4-1-2-5-17(16)25(18)31(28,29)20-6-3-13-30-20/h1-8,10-11,13,18H,9,12,14H2,(H,23,26)(H,24,27). The Labute approximate surface area is 184 Å². The molecule has 1 aliphatic heterocycles. The summed E-state index contributed by atoms with van der Waals surface area (Å²) in [5.74, 6) is -0.942. The molecule has 4 rings (SSSR count). The summed E-state index contributed by atoms with van der Waals surface area (Å²) in [7, 11) is -4.02. The van der Waals surface area contributed by atoms with Gasteiger partial charge in [-0.3, -0.25) is 18.9 Å². The van der Waals surface area contributed by atoms with Gasteiger partial charge in [0.2, 0.25) is 11.8 Å². The maximum Gasteiger partial charge on any atom is 0.274 e. The van der Waals surface area contributed by atoms with Crippen LogP contribution in [0.25, 0.3) is 0 Å². The van der Waals surface area contributed by atoms with Crippen molar-refractivity contribution in [2.75, 3.05) is 16.2 Å². The lowest BCUT2D eigenvalue weighted by Crippen LogP contribution is -2.52. The number of nitrogens with zero attached hydrogens (tertiary/aromatic N) is 2. The molecule has 0 radical (unpaired) electrons. The van der Waals surface area contributed by atoms with Gasteiger partial charge in [-0.2, -0.15) is 0 Å². The molecular formula is C21H20N4O4S2. The molecule has 1 aromatic carbocycles. The highest BCUT2D eigenvalue weighted by Gasteiger charge is 2.42. The van der Waals surface area contributed by atoms with E-state index >= 15 is 0 Å². The molecule has 31 heavy (non-hydrogen) atoms. The number of fused-ring (bicyclic) bond motifs is 1. The molecule has 1 unspecified atom stereocenters. The number of thiophene rings is 1. The molecule has 10 heteroatoms. The minimum Gasteiger partial charge on any atom is -0.356 e. The average Bonchev–Trinajstić information content (AvgIpc) is 3.31. The first-order chi connectivity index (χ1) is 15.0. The van der Waals surface area contributed by atoms with Crippen LogP contribution in [0.2, 0.25) is 0 Å². The third-order valence-corrected chi connectivity index (χ3v) is 8.05. The number of para-hydroxylation sites is 2. The molecule has 160 valence electrons. The normalized spacial score (nSPS) is 15.8. The van der Waals surface area contributed by atoms with E-state index in [1.54, 1.807) is 48.1 Å². The first kappa shape index (κ1) is 21.0. The van der Waals surface area contributed by atoms with Gasteiger partial charge in [-0.1, -0.05) is 18.2 Å². The lowest BCUT2D eigenvalue weighted by atomic mass is 10.1. The topological polar surface area (TPSA) is 108 Å². The summed E-state index contributed by atoms with van der Waals surface area (Å²) in [6, 6.07) is 12.3. The van der Waals surface area contributed by atoms with Crippen molar-refractivity contribution in [2.45, 2.75) is 23.1 Å². The number of hydrogen-bond donors (Lipinski definition) is 2. The van der Waals surface area contributed by atoms with Gasteiger partial charge in [0.15, 0.2) is 0 Å². The van der Waals surface area contributed by atoms with Crippen molar-refractivity contribution in [3.8, 4) is 0 Å². The van der Waals surface area contributed by atoms with Gasteiger partial charge in [0, 0.05) is 18.9 Å². The highest BCUT2D eigenvalue weighted by molar-refractivity contribution is 7.94. The minimum absolute atomic E-state index is 0.111. The second kappa shape index (κ2) is 8.86. The van der Waals surface area contributed by atoms with E-state index in [0.717, 1.165) is 21.2 Å². The first-order valence-electron chi connectivity index (χ1n) is 9.60. The molecule has 1 atom stereocenters. The number of benzene rings is 1. The van der Waals surface area contributed by atoms with E-state index in [0.29, 0.717) is 24.3 Å². The number of nitrogens with one attached hydrogen (secondary N) is 2. The smallest absolute Gasteiger partial charge is 0.274 e. The van der Waals surface area contributed by atoms with Crippen molar-refractivity contribution in [1.82, 2.24) is 10.3 Å². The Morgan fingerprint density at radius 1 is 1.13 bits per heavy atom. The SMILES string of the molecule is O=C(CC1C(=O)Nc2ccccc2N1S(=O)(=O)c1cccs1)NCCc1ccncc1. The summed E-state index contributed by atoms with van der Waals surface area (Å²) in [5, 5.41) is 7.14. The molecule has 0 saturated heterocycles. The Morgan fingerprint density at radius 3 is 2.65 bits per heavy atom. The number of carbonyl (C=O) groups is 2. The Kier molecular flexibility index (Phi) is 6.01. The van der Waals surface area contributed by atoms with Crippen LogP contribution < -0.4 is 14.9 Å². The molecule has 2 amide bonds. The third-order valence-electron chi connectivity index (χ3n) is 4.86. The van der Waals surface area contributed by atoms with E-state index in [1.807, 2.05) is 12.1 Å². The van der Waals surface area contributed by atoms with Crippen LogP contribution in [0.15, 0.2) is 70.5 Å². The number of pyridine rings is 1. The van der Waals surface area contributed by atoms with Crippen molar-refractivity contribution in [2.24, 2.45) is 0 Å². The summed E-state index contributed by atoms with van der Waals surface area (Å²) >= 11 is 1.06. The maximum absolute atomic E-state index is 13.4. The van der Waals surface area contributed by atoms with Crippen molar-refractivity contribution in [3.63, 3.8) is 0 Å². The molecule has 1 aliphatic rings. The summed E-state index contributed by atoms with van der Waals surface area (Å²) in [4.78, 5) is 29.4. The molecule has 8 nitrogen and oxygen atoms in total. The molecule has 3 heterocycles. The van der Waals surface area contributed by atoms with Crippen LogP contribution in [0.1, 0.15) is 12.0 Å². The number of sulfonamides is 1. The van der Waals surface area contributed by atoms with Crippen LogP contribution in [0.3, 0.4) is 0 Å². The highest BCUT2D eigenvalue weighted by atomic mass is 32.2. The Morgan fingerprint density at radius 2 is 1.90 bits per heavy atom. The fourth-order valence-electron chi connectivity index (χ4n) is 3.39. The molecule has 0 spiro atoms. The number of anilines is 2. The van der Waals surface area contributed by atoms with E-state index < -0.39 is 27.9 Å². The van der Waals surface area contributed by atoms with Crippen LogP contribution in [-0.4, -0.2) is 37.8 Å². The number of rotatable bonds is 7. The molecule has 2 aromatic heterocycles. The van der Waals surface area contributed by atoms with Gasteiger partial charge in [-0.15, -0.1) is 11.3 Å². The van der Waals surface area contributed by atoms with Gasteiger partial charge in [-0.25, -0.2) is 8.42 Å². The summed E-state index contributed by atoms with van der Waals surface area (Å²) in [6.07, 6.45) is 3.66. The van der Waals surface area contributed by atoms with Crippen LogP contribution in [0, 0.1) is 0 Å². The molecule has 0 aliphatic carbocycles. The first-order valence-corrected chi connectivity index (χ1v) is 11.9. The zero-order chi connectivity index (χ0) is 21.8.